The molecule has 5 rings (SSSR count). The molecule has 0 radical (unpaired) electrons. The van der Waals surface area contributed by atoms with Crippen LogP contribution in [0.4, 0.5) is 22.9 Å². The minimum atomic E-state index is -0.276. The highest BCUT2D eigenvalue weighted by atomic mass is 16.5. The summed E-state index contributed by atoms with van der Waals surface area (Å²) in [5.41, 5.74) is 5.06. The molecule has 1 aliphatic rings. The lowest BCUT2D eigenvalue weighted by Crippen LogP contribution is -2.55. The van der Waals surface area contributed by atoms with Crippen molar-refractivity contribution in [2.24, 2.45) is 7.05 Å². The number of aromatic nitrogens is 4. The Morgan fingerprint density at radius 3 is 2.60 bits per heavy atom. The largest absolute Gasteiger partial charge is 0.492 e. The molecule has 0 aliphatic carbocycles. The second kappa shape index (κ2) is 11.4. The van der Waals surface area contributed by atoms with Crippen LogP contribution in [0.3, 0.4) is 0 Å². The number of likely N-dealkylation sites (N-methyl/N-ethyl adjacent to an activating group) is 1. The van der Waals surface area contributed by atoms with Crippen LogP contribution in [0.15, 0.2) is 61.6 Å². The van der Waals surface area contributed by atoms with Gasteiger partial charge < -0.3 is 20.3 Å². The number of rotatable bonds is 8. The SMILES string of the molecule is C=CC(=O)Nc1cc(Nc2cc(-c3ccc4c(cnn4C)c3)ncn2)c(OCC)cc1N1C[C@@H](C)N(C)[C@@H](C)C1. The molecule has 40 heavy (non-hydrogen) atoms. The normalized spacial score (nSPS) is 17.6. The molecule has 1 fully saturated rings. The van der Waals surface area contributed by atoms with Gasteiger partial charge >= 0.3 is 0 Å². The molecule has 2 atom stereocenters. The number of benzene rings is 2. The molecule has 0 unspecified atom stereocenters. The maximum absolute atomic E-state index is 12.4. The number of piperazine rings is 1. The van der Waals surface area contributed by atoms with E-state index in [1.807, 2.05) is 55.2 Å². The third-order valence-corrected chi connectivity index (χ3v) is 7.51. The van der Waals surface area contributed by atoms with Gasteiger partial charge in [0, 0.05) is 55.3 Å². The monoisotopic (exact) mass is 540 g/mol. The van der Waals surface area contributed by atoms with E-state index in [0.717, 1.165) is 40.9 Å². The summed E-state index contributed by atoms with van der Waals surface area (Å²) in [6.07, 6.45) is 4.65. The Bertz CT molecular complexity index is 1540. The number of aryl methyl sites for hydroxylation is 1. The van der Waals surface area contributed by atoms with E-state index in [1.54, 1.807) is 0 Å². The summed E-state index contributed by atoms with van der Waals surface area (Å²) in [5.74, 6) is 1.000. The molecule has 10 nitrogen and oxygen atoms in total. The van der Waals surface area contributed by atoms with Crippen molar-refractivity contribution in [1.29, 1.82) is 0 Å². The minimum Gasteiger partial charge on any atom is -0.492 e. The van der Waals surface area contributed by atoms with Gasteiger partial charge in [0.1, 0.15) is 17.9 Å². The van der Waals surface area contributed by atoms with E-state index in [2.05, 4.69) is 69.0 Å². The second-order valence-corrected chi connectivity index (χ2v) is 10.2. The fraction of sp³-hybridized carbons (Fsp3) is 0.333. The Labute approximate surface area is 234 Å². The molecule has 1 amide bonds. The van der Waals surface area contributed by atoms with Gasteiger partial charge in [-0.05, 0) is 52.1 Å². The van der Waals surface area contributed by atoms with E-state index < -0.39 is 0 Å². The van der Waals surface area contributed by atoms with Crippen molar-refractivity contribution >= 4 is 39.7 Å². The first-order valence-corrected chi connectivity index (χ1v) is 13.5. The van der Waals surface area contributed by atoms with Gasteiger partial charge in [-0.25, -0.2) is 9.97 Å². The molecular weight excluding hydrogens is 504 g/mol. The average molecular weight is 541 g/mol. The standard InChI is InChI=1S/C30H36N8O2/c1-7-30(39)35-24-12-25(28(40-8-2)14-27(24)38-16-19(3)36(5)20(4)17-38)34-29-13-23(31-18-32-29)21-9-10-26-22(11-21)15-33-37(26)6/h7,9-15,18-20H,1,8,16-17H2,2-6H3,(H,35,39)(H,31,32,34)/t19-,20+. The molecule has 2 N–H and O–H groups in total. The predicted molar refractivity (Wildman–Crippen MR) is 160 cm³/mol. The predicted octanol–water partition coefficient (Wildman–Crippen LogP) is 4.83. The third-order valence-electron chi connectivity index (χ3n) is 7.51. The van der Waals surface area contributed by atoms with Gasteiger partial charge in [-0.15, -0.1) is 0 Å². The van der Waals surface area contributed by atoms with Crippen LogP contribution >= 0.6 is 0 Å². The summed E-state index contributed by atoms with van der Waals surface area (Å²) in [6.45, 7) is 12.1. The van der Waals surface area contributed by atoms with Crippen molar-refractivity contribution in [2.75, 3.05) is 42.3 Å². The number of amides is 1. The first-order chi connectivity index (χ1) is 19.3. The molecule has 0 saturated carbocycles. The van der Waals surface area contributed by atoms with Crippen molar-refractivity contribution in [3.05, 3.63) is 61.6 Å². The zero-order chi connectivity index (χ0) is 28.4. The van der Waals surface area contributed by atoms with Crippen molar-refractivity contribution in [3.63, 3.8) is 0 Å². The van der Waals surface area contributed by atoms with Crippen molar-refractivity contribution in [2.45, 2.75) is 32.9 Å². The lowest BCUT2D eigenvalue weighted by molar-refractivity contribution is -0.111. The zero-order valence-electron chi connectivity index (χ0n) is 23.7. The molecule has 1 aliphatic heterocycles. The van der Waals surface area contributed by atoms with Crippen LogP contribution in [-0.2, 0) is 11.8 Å². The Balaban J connectivity index is 1.51. The summed E-state index contributed by atoms with van der Waals surface area (Å²) in [4.78, 5) is 26.1. The van der Waals surface area contributed by atoms with Crippen LogP contribution in [0, 0.1) is 0 Å². The first-order valence-electron chi connectivity index (χ1n) is 13.5. The quantitative estimate of drug-likeness (QED) is 0.307. The fourth-order valence-corrected chi connectivity index (χ4v) is 5.13. The summed E-state index contributed by atoms with van der Waals surface area (Å²) in [6, 6.07) is 12.6. The second-order valence-electron chi connectivity index (χ2n) is 10.2. The Hall–Kier alpha value is -4.44. The van der Waals surface area contributed by atoms with Gasteiger partial charge in [-0.1, -0.05) is 12.6 Å². The maximum Gasteiger partial charge on any atom is 0.247 e. The fourth-order valence-electron chi connectivity index (χ4n) is 5.13. The Morgan fingerprint density at radius 1 is 1.10 bits per heavy atom. The number of carbonyl (C=O) groups is 1. The highest BCUT2D eigenvalue weighted by Crippen LogP contribution is 2.40. The van der Waals surface area contributed by atoms with Gasteiger partial charge in [0.2, 0.25) is 5.91 Å². The van der Waals surface area contributed by atoms with Crippen molar-refractivity contribution in [3.8, 4) is 17.0 Å². The van der Waals surface area contributed by atoms with Gasteiger partial charge in [-0.2, -0.15) is 5.10 Å². The van der Waals surface area contributed by atoms with E-state index in [1.165, 1.54) is 12.4 Å². The number of ether oxygens (including phenoxy) is 1. The van der Waals surface area contributed by atoms with Gasteiger partial charge in [0.05, 0.1) is 41.1 Å². The zero-order valence-corrected chi connectivity index (χ0v) is 23.7. The number of fused-ring (bicyclic) bond motifs is 1. The van der Waals surface area contributed by atoms with Crippen LogP contribution in [0.1, 0.15) is 20.8 Å². The molecule has 1 saturated heterocycles. The summed E-state index contributed by atoms with van der Waals surface area (Å²) >= 11 is 0. The van der Waals surface area contributed by atoms with Gasteiger partial charge in [-0.3, -0.25) is 14.4 Å². The molecule has 0 bridgehead atoms. The molecule has 208 valence electrons. The topological polar surface area (TPSA) is 100 Å². The lowest BCUT2D eigenvalue weighted by Gasteiger charge is -2.44. The van der Waals surface area contributed by atoms with Gasteiger partial charge in [0.25, 0.3) is 0 Å². The summed E-state index contributed by atoms with van der Waals surface area (Å²) < 4.78 is 7.93. The van der Waals surface area contributed by atoms with Crippen LogP contribution in [-0.4, -0.2) is 69.4 Å². The molecule has 2 aromatic heterocycles. The summed E-state index contributed by atoms with van der Waals surface area (Å²) in [7, 11) is 4.07. The van der Waals surface area contributed by atoms with Crippen molar-refractivity contribution in [1.82, 2.24) is 24.6 Å². The minimum absolute atomic E-state index is 0.276. The number of anilines is 4. The lowest BCUT2D eigenvalue weighted by atomic mass is 10.1. The van der Waals surface area contributed by atoms with Crippen LogP contribution < -0.4 is 20.3 Å². The van der Waals surface area contributed by atoms with E-state index in [-0.39, 0.29) is 5.91 Å². The molecule has 4 aromatic rings. The Morgan fingerprint density at radius 2 is 1.88 bits per heavy atom. The number of nitrogens with zero attached hydrogens (tertiary/aromatic N) is 6. The third kappa shape index (κ3) is 5.48. The Kier molecular flexibility index (Phi) is 7.70. The molecule has 10 heteroatoms. The molecular formula is C30H36N8O2. The smallest absolute Gasteiger partial charge is 0.247 e. The maximum atomic E-state index is 12.4. The van der Waals surface area contributed by atoms with Gasteiger partial charge in [0.15, 0.2) is 0 Å². The van der Waals surface area contributed by atoms with E-state index in [4.69, 9.17) is 4.74 Å². The van der Waals surface area contributed by atoms with E-state index >= 15 is 0 Å². The van der Waals surface area contributed by atoms with E-state index in [9.17, 15) is 4.79 Å². The van der Waals surface area contributed by atoms with Crippen LogP contribution in [0.2, 0.25) is 0 Å². The molecule has 0 spiro atoms. The highest BCUT2D eigenvalue weighted by molar-refractivity contribution is 6.02. The van der Waals surface area contributed by atoms with E-state index in [0.29, 0.717) is 41.6 Å². The highest BCUT2D eigenvalue weighted by Gasteiger charge is 2.29. The number of hydrogen-bond acceptors (Lipinski definition) is 8. The molecule has 2 aromatic carbocycles. The number of hydrogen-bond donors (Lipinski definition) is 2. The van der Waals surface area contributed by atoms with Crippen LogP contribution in [0.25, 0.3) is 22.2 Å². The number of carbonyl (C=O) groups excluding carboxylic acids is 1. The average Bonchev–Trinajstić information content (AvgIpc) is 3.32. The number of nitrogens with one attached hydrogen (secondary N) is 2. The van der Waals surface area contributed by atoms with Crippen molar-refractivity contribution < 1.29 is 9.53 Å². The van der Waals surface area contributed by atoms with Crippen LogP contribution in [0.5, 0.6) is 5.75 Å². The first kappa shape index (κ1) is 27.1. The summed E-state index contributed by atoms with van der Waals surface area (Å²) in [5, 5.41) is 11.8. The molecule has 3 heterocycles.